The molecule has 8 aromatic carbocycles. The van der Waals surface area contributed by atoms with Crippen molar-refractivity contribution in [1.82, 2.24) is 9.13 Å². The fourth-order valence-electron chi connectivity index (χ4n) is 8.19. The molecule has 2 aromatic heterocycles. The molecule has 2 heterocycles. The molecule has 3 nitrogen and oxygen atoms in total. The first-order valence-corrected chi connectivity index (χ1v) is 18.1. The van der Waals surface area contributed by atoms with Crippen molar-refractivity contribution in [1.29, 1.82) is 0 Å². The summed E-state index contributed by atoms with van der Waals surface area (Å²) in [5, 5.41) is 3.33. The van der Waals surface area contributed by atoms with E-state index in [4.69, 9.17) is 6.57 Å². The van der Waals surface area contributed by atoms with Crippen LogP contribution in [-0.4, -0.2) is 9.13 Å². The van der Waals surface area contributed by atoms with Crippen LogP contribution in [0.2, 0.25) is 0 Å². The Balaban J connectivity index is 1.39. The molecular formula is C49H26F5N3. The Labute approximate surface area is 322 Å². The van der Waals surface area contributed by atoms with Gasteiger partial charge in [0.2, 0.25) is 11.5 Å². The summed E-state index contributed by atoms with van der Waals surface area (Å²) in [4.78, 5) is 4.08. The van der Waals surface area contributed by atoms with Gasteiger partial charge in [0.1, 0.15) is 0 Å². The Kier molecular flexibility index (Phi) is 7.80. The molecule has 0 radical (unpaired) electrons. The average molecular weight is 752 g/mol. The van der Waals surface area contributed by atoms with Gasteiger partial charge in [-0.3, -0.25) is 0 Å². The number of hydrogen-bond acceptors (Lipinski definition) is 0. The van der Waals surface area contributed by atoms with Crippen LogP contribution in [-0.2, 0) is 0 Å². The third-order valence-corrected chi connectivity index (χ3v) is 10.7. The summed E-state index contributed by atoms with van der Waals surface area (Å²) in [5.41, 5.74) is 5.06. The maximum Gasteiger partial charge on any atom is 0.234 e. The van der Waals surface area contributed by atoms with Gasteiger partial charge in [0.05, 0.1) is 45.6 Å². The predicted octanol–water partition coefficient (Wildman–Crippen LogP) is 14.1. The number of hydrogen-bond donors (Lipinski definition) is 0. The van der Waals surface area contributed by atoms with Gasteiger partial charge in [-0.25, -0.2) is 26.8 Å². The van der Waals surface area contributed by atoms with Crippen LogP contribution in [0.3, 0.4) is 0 Å². The van der Waals surface area contributed by atoms with Crippen LogP contribution in [0, 0.1) is 35.7 Å². The largest absolute Gasteiger partial charge is 0.319 e. The standard InChI is InChI=1S/C49H26F5N3/c1-55-48-39(56-37-18-10-8-16-32(37)34-22-20-30(26-40(34)56)28-12-4-2-5-13-28)25-24-36(42-43(50)45(52)47(54)46(53)44(42)51)49(48)57-38-19-11-9-17-33(38)35-23-21-31(27-41(35)57)29-14-6-3-7-15-29/h2-27H. The molecule has 0 aliphatic rings. The molecule has 0 aliphatic heterocycles. The second-order valence-corrected chi connectivity index (χ2v) is 13.8. The summed E-state index contributed by atoms with van der Waals surface area (Å²) in [6, 6.07) is 49.3. The number of rotatable bonds is 5. The molecule has 8 heteroatoms. The first-order valence-electron chi connectivity index (χ1n) is 18.1. The van der Waals surface area contributed by atoms with Crippen molar-refractivity contribution in [2.45, 2.75) is 0 Å². The van der Waals surface area contributed by atoms with Crippen LogP contribution in [0.25, 0.3) is 93.2 Å². The van der Waals surface area contributed by atoms with E-state index in [0.29, 0.717) is 16.7 Å². The van der Waals surface area contributed by atoms with Gasteiger partial charge in [0.15, 0.2) is 23.3 Å². The first kappa shape index (κ1) is 34.0. The lowest BCUT2D eigenvalue weighted by atomic mass is 9.98. The highest BCUT2D eigenvalue weighted by molar-refractivity contribution is 6.13. The average Bonchev–Trinajstić information content (AvgIpc) is 3.77. The van der Waals surface area contributed by atoms with Crippen LogP contribution in [0.15, 0.2) is 158 Å². The van der Waals surface area contributed by atoms with Crippen molar-refractivity contribution in [3.05, 3.63) is 198 Å². The highest BCUT2D eigenvalue weighted by Gasteiger charge is 2.31. The van der Waals surface area contributed by atoms with Crippen LogP contribution >= 0.6 is 0 Å². The normalized spacial score (nSPS) is 11.6. The van der Waals surface area contributed by atoms with E-state index in [2.05, 4.69) is 4.85 Å². The molecule has 0 aliphatic carbocycles. The van der Waals surface area contributed by atoms with E-state index in [1.54, 1.807) is 10.6 Å². The van der Waals surface area contributed by atoms with Crippen molar-refractivity contribution in [2.24, 2.45) is 0 Å². The van der Waals surface area contributed by atoms with Crippen LogP contribution in [0.5, 0.6) is 0 Å². The van der Waals surface area contributed by atoms with Gasteiger partial charge in [-0.1, -0.05) is 127 Å². The molecule has 0 fully saturated rings. The number of nitrogens with zero attached hydrogens (tertiary/aromatic N) is 3. The molecule has 10 aromatic rings. The van der Waals surface area contributed by atoms with E-state index in [9.17, 15) is 4.39 Å². The smallest absolute Gasteiger partial charge is 0.234 e. The lowest BCUT2D eigenvalue weighted by Crippen LogP contribution is -2.08. The van der Waals surface area contributed by atoms with Crippen molar-refractivity contribution >= 4 is 49.3 Å². The zero-order valence-electron chi connectivity index (χ0n) is 29.7. The minimum Gasteiger partial charge on any atom is -0.319 e. The maximum absolute atomic E-state index is 16.0. The number of aromatic nitrogens is 2. The fraction of sp³-hybridized carbons (Fsp3) is 0. The Hall–Kier alpha value is -7.50. The number of para-hydroxylation sites is 2. The molecule has 0 unspecified atom stereocenters. The predicted molar refractivity (Wildman–Crippen MR) is 217 cm³/mol. The summed E-state index contributed by atoms with van der Waals surface area (Å²) in [6.07, 6.45) is 0. The summed E-state index contributed by atoms with van der Waals surface area (Å²) in [7, 11) is 0. The molecule has 0 atom stereocenters. The highest BCUT2D eigenvalue weighted by Crippen LogP contribution is 2.48. The van der Waals surface area contributed by atoms with Crippen molar-refractivity contribution < 1.29 is 22.0 Å². The monoisotopic (exact) mass is 751 g/mol. The Morgan fingerprint density at radius 3 is 1.35 bits per heavy atom. The van der Waals surface area contributed by atoms with Gasteiger partial charge in [-0.2, -0.15) is 0 Å². The lowest BCUT2D eigenvalue weighted by Gasteiger charge is -2.21. The molecule has 0 bridgehead atoms. The zero-order valence-corrected chi connectivity index (χ0v) is 29.7. The Bertz CT molecular complexity index is 3280. The van der Waals surface area contributed by atoms with E-state index >= 15 is 17.6 Å². The van der Waals surface area contributed by atoms with E-state index in [1.165, 1.54) is 12.1 Å². The number of fused-ring (bicyclic) bond motifs is 6. The highest BCUT2D eigenvalue weighted by atomic mass is 19.2. The van der Waals surface area contributed by atoms with E-state index in [-0.39, 0.29) is 16.9 Å². The summed E-state index contributed by atoms with van der Waals surface area (Å²) in [6.45, 7) is 8.80. The van der Waals surface area contributed by atoms with Crippen LogP contribution in [0.1, 0.15) is 0 Å². The van der Waals surface area contributed by atoms with Gasteiger partial charge in [0, 0.05) is 27.1 Å². The molecule has 0 spiro atoms. The summed E-state index contributed by atoms with van der Waals surface area (Å²) < 4.78 is 80.5. The zero-order chi connectivity index (χ0) is 38.9. The van der Waals surface area contributed by atoms with Crippen LogP contribution in [0.4, 0.5) is 27.6 Å². The minimum atomic E-state index is -2.26. The number of halogens is 5. The molecule has 272 valence electrons. The second-order valence-electron chi connectivity index (χ2n) is 13.8. The van der Waals surface area contributed by atoms with Crippen molar-refractivity contribution in [2.75, 3.05) is 0 Å². The third-order valence-electron chi connectivity index (χ3n) is 10.7. The van der Waals surface area contributed by atoms with Crippen LogP contribution < -0.4 is 0 Å². The summed E-state index contributed by atoms with van der Waals surface area (Å²) >= 11 is 0. The molecule has 57 heavy (non-hydrogen) atoms. The first-order chi connectivity index (χ1) is 27.9. The molecule has 10 rings (SSSR count). The van der Waals surface area contributed by atoms with Gasteiger partial charge in [-0.15, -0.1) is 0 Å². The molecular weight excluding hydrogens is 726 g/mol. The fourth-order valence-corrected chi connectivity index (χ4v) is 8.19. The lowest BCUT2D eigenvalue weighted by molar-refractivity contribution is 0.381. The molecule has 0 saturated carbocycles. The van der Waals surface area contributed by atoms with Gasteiger partial charge < -0.3 is 9.13 Å². The topological polar surface area (TPSA) is 14.2 Å². The molecule has 0 N–H and O–H groups in total. The third kappa shape index (κ3) is 5.09. The van der Waals surface area contributed by atoms with Gasteiger partial charge >= 0.3 is 0 Å². The van der Waals surface area contributed by atoms with E-state index in [0.717, 1.165) is 54.8 Å². The van der Waals surface area contributed by atoms with Gasteiger partial charge in [0.25, 0.3) is 0 Å². The molecule has 0 saturated heterocycles. The second kappa shape index (κ2) is 13.1. The van der Waals surface area contributed by atoms with Crippen molar-refractivity contribution in [3.8, 4) is 44.8 Å². The Morgan fingerprint density at radius 1 is 0.386 bits per heavy atom. The van der Waals surface area contributed by atoms with E-state index < -0.39 is 34.6 Å². The van der Waals surface area contributed by atoms with E-state index in [1.807, 2.05) is 144 Å². The quantitative estimate of drug-likeness (QED) is 0.0720. The molecule has 0 amide bonds. The maximum atomic E-state index is 16.0. The Morgan fingerprint density at radius 2 is 0.825 bits per heavy atom. The number of benzene rings is 8. The van der Waals surface area contributed by atoms with Crippen molar-refractivity contribution in [3.63, 3.8) is 0 Å². The SMILES string of the molecule is [C-]#[N+]c1c(-n2c3ccccc3c3ccc(-c4ccccc4)cc32)ccc(-c2c(F)c(F)c(F)c(F)c2F)c1-n1c2ccccc2c2ccc(-c3ccccc3)cc21. The minimum absolute atomic E-state index is 0.0349. The summed E-state index contributed by atoms with van der Waals surface area (Å²) in [5.74, 6) is -10.4. The van der Waals surface area contributed by atoms with Gasteiger partial charge in [-0.05, 0) is 52.6 Å².